The van der Waals surface area contributed by atoms with Gasteiger partial charge in [-0.2, -0.15) is 5.10 Å². The molecule has 5 aromatic rings. The molecule has 1 N–H and O–H groups in total. The Bertz CT molecular complexity index is 1530. The lowest BCUT2D eigenvalue weighted by atomic mass is 10.0. The summed E-state index contributed by atoms with van der Waals surface area (Å²) in [6.45, 7) is 3.88. The molecule has 0 fully saturated rings. The highest BCUT2D eigenvalue weighted by atomic mass is 16.1. The van der Waals surface area contributed by atoms with Gasteiger partial charge in [0.25, 0.3) is 5.56 Å². The highest BCUT2D eigenvalue weighted by Gasteiger charge is 2.17. The number of rotatable bonds is 4. The van der Waals surface area contributed by atoms with Crippen molar-refractivity contribution in [2.45, 2.75) is 19.9 Å². The second-order valence-electron chi connectivity index (χ2n) is 7.71. The second kappa shape index (κ2) is 7.73. The Balaban J connectivity index is 1.81. The molecule has 0 aliphatic rings. The summed E-state index contributed by atoms with van der Waals surface area (Å²) in [6.07, 6.45) is 5.14. The normalized spacial score (nSPS) is 11.3. The van der Waals surface area contributed by atoms with E-state index in [1.807, 2.05) is 44.2 Å². The molecule has 4 heterocycles. The third kappa shape index (κ3) is 3.41. The third-order valence-corrected chi connectivity index (χ3v) is 5.21. The van der Waals surface area contributed by atoms with Crippen LogP contribution in [0.1, 0.15) is 19.9 Å². The van der Waals surface area contributed by atoms with Crippen LogP contribution in [0.2, 0.25) is 0 Å². The Labute approximate surface area is 182 Å². The zero-order valence-corrected chi connectivity index (χ0v) is 17.6. The minimum atomic E-state index is -0.269. The Kier molecular flexibility index (Phi) is 4.74. The lowest BCUT2D eigenvalue weighted by Gasteiger charge is -2.14. The van der Waals surface area contributed by atoms with Crippen LogP contribution in [0.5, 0.6) is 0 Å². The lowest BCUT2D eigenvalue weighted by molar-refractivity contribution is 0.579. The number of hydrogen-bond donors (Lipinski definition) is 1. The largest absolute Gasteiger partial charge is 0.323 e. The predicted molar refractivity (Wildman–Crippen MR) is 123 cm³/mol. The molecule has 0 aliphatic heterocycles. The van der Waals surface area contributed by atoms with Crippen LogP contribution in [0.25, 0.3) is 39.5 Å². The molecule has 1 aromatic carbocycles. The maximum Gasteiger partial charge on any atom is 0.250 e. The van der Waals surface area contributed by atoms with E-state index >= 15 is 0 Å². The third-order valence-electron chi connectivity index (χ3n) is 5.21. The van der Waals surface area contributed by atoms with Crippen molar-refractivity contribution in [1.29, 1.82) is 0 Å². The molecule has 158 valence electrons. The summed E-state index contributed by atoms with van der Waals surface area (Å²) in [5, 5.41) is 4.18. The van der Waals surface area contributed by atoms with Gasteiger partial charge in [-0.25, -0.2) is 14.6 Å². The van der Waals surface area contributed by atoms with E-state index in [1.54, 1.807) is 40.0 Å². The quantitative estimate of drug-likeness (QED) is 0.475. The molecule has 0 amide bonds. The SMILES string of the molecule is CC(C)n1cc(-c2nc3c(=O)cc(-n4cccn4)[nH]c3nc2-c2ccccc2)ccc1=O. The van der Waals surface area contributed by atoms with E-state index in [0.717, 1.165) is 5.56 Å². The van der Waals surface area contributed by atoms with Gasteiger partial charge in [-0.15, -0.1) is 0 Å². The van der Waals surface area contributed by atoms with Gasteiger partial charge >= 0.3 is 0 Å². The van der Waals surface area contributed by atoms with Crippen molar-refractivity contribution in [2.24, 2.45) is 0 Å². The van der Waals surface area contributed by atoms with Gasteiger partial charge in [0.05, 0.1) is 11.4 Å². The highest BCUT2D eigenvalue weighted by Crippen LogP contribution is 2.30. The molecule has 0 radical (unpaired) electrons. The van der Waals surface area contributed by atoms with E-state index in [1.165, 1.54) is 12.1 Å². The fraction of sp³-hybridized carbons (Fsp3) is 0.125. The number of H-pyrrole nitrogens is 1. The molecule has 0 unspecified atom stereocenters. The maximum absolute atomic E-state index is 12.9. The number of pyridine rings is 2. The first-order valence-corrected chi connectivity index (χ1v) is 10.2. The van der Waals surface area contributed by atoms with Gasteiger partial charge in [0.1, 0.15) is 5.82 Å². The van der Waals surface area contributed by atoms with Crippen LogP contribution < -0.4 is 11.0 Å². The van der Waals surface area contributed by atoms with E-state index in [0.29, 0.717) is 28.4 Å². The minimum absolute atomic E-state index is 0.0175. The fourth-order valence-electron chi connectivity index (χ4n) is 3.62. The Morgan fingerprint density at radius 1 is 0.906 bits per heavy atom. The van der Waals surface area contributed by atoms with E-state index in [4.69, 9.17) is 9.97 Å². The molecule has 0 saturated carbocycles. The van der Waals surface area contributed by atoms with Gasteiger partial charge in [0.15, 0.2) is 11.2 Å². The first-order chi connectivity index (χ1) is 15.5. The summed E-state index contributed by atoms with van der Waals surface area (Å²) < 4.78 is 3.21. The molecule has 5 rings (SSSR count). The second-order valence-corrected chi connectivity index (χ2v) is 7.71. The number of fused-ring (bicyclic) bond motifs is 1. The fourth-order valence-corrected chi connectivity index (χ4v) is 3.62. The highest BCUT2D eigenvalue weighted by molar-refractivity contribution is 5.84. The molecule has 0 saturated heterocycles. The average molecular weight is 424 g/mol. The van der Waals surface area contributed by atoms with Crippen molar-refractivity contribution in [3.8, 4) is 28.3 Å². The Morgan fingerprint density at radius 2 is 1.69 bits per heavy atom. The van der Waals surface area contributed by atoms with Gasteiger partial charge < -0.3 is 9.55 Å². The van der Waals surface area contributed by atoms with Crippen molar-refractivity contribution in [3.05, 3.63) is 93.8 Å². The van der Waals surface area contributed by atoms with Crippen molar-refractivity contribution < 1.29 is 0 Å². The number of aromatic nitrogens is 6. The van der Waals surface area contributed by atoms with Gasteiger partial charge in [0, 0.05) is 47.9 Å². The monoisotopic (exact) mass is 424 g/mol. The molecule has 32 heavy (non-hydrogen) atoms. The van der Waals surface area contributed by atoms with Crippen LogP contribution in [0.15, 0.2) is 82.8 Å². The van der Waals surface area contributed by atoms with Crippen LogP contribution in [0.4, 0.5) is 0 Å². The topological polar surface area (TPSA) is 98.5 Å². The summed E-state index contributed by atoms with van der Waals surface area (Å²) >= 11 is 0. The number of aromatic amines is 1. The van der Waals surface area contributed by atoms with Gasteiger partial charge in [-0.05, 0) is 26.0 Å². The summed E-state index contributed by atoms with van der Waals surface area (Å²) in [5.74, 6) is 0.502. The Morgan fingerprint density at radius 3 is 2.41 bits per heavy atom. The lowest BCUT2D eigenvalue weighted by Crippen LogP contribution is -2.20. The summed E-state index contributed by atoms with van der Waals surface area (Å²) in [6, 6.07) is 16.1. The van der Waals surface area contributed by atoms with Crippen LogP contribution in [-0.4, -0.2) is 29.3 Å². The van der Waals surface area contributed by atoms with Crippen molar-refractivity contribution >= 4 is 11.2 Å². The molecule has 4 aromatic heterocycles. The van der Waals surface area contributed by atoms with E-state index in [-0.39, 0.29) is 22.5 Å². The van der Waals surface area contributed by atoms with Crippen LogP contribution >= 0.6 is 0 Å². The molecule has 0 bridgehead atoms. The summed E-state index contributed by atoms with van der Waals surface area (Å²) in [4.78, 5) is 37.9. The maximum atomic E-state index is 12.9. The first-order valence-electron chi connectivity index (χ1n) is 10.2. The van der Waals surface area contributed by atoms with E-state index in [2.05, 4.69) is 10.1 Å². The van der Waals surface area contributed by atoms with Crippen LogP contribution in [0.3, 0.4) is 0 Å². The smallest absolute Gasteiger partial charge is 0.250 e. The number of nitrogens with zero attached hydrogens (tertiary/aromatic N) is 5. The minimum Gasteiger partial charge on any atom is -0.323 e. The number of nitrogens with one attached hydrogen (secondary N) is 1. The number of hydrogen-bond acceptors (Lipinski definition) is 5. The summed E-state index contributed by atoms with van der Waals surface area (Å²) in [7, 11) is 0. The predicted octanol–water partition coefficient (Wildman–Crippen LogP) is 3.58. The van der Waals surface area contributed by atoms with Gasteiger partial charge in [-0.1, -0.05) is 30.3 Å². The van der Waals surface area contributed by atoms with Crippen molar-refractivity contribution in [3.63, 3.8) is 0 Å². The summed E-state index contributed by atoms with van der Waals surface area (Å²) in [5.41, 5.74) is 2.93. The van der Waals surface area contributed by atoms with Gasteiger partial charge in [-0.3, -0.25) is 9.59 Å². The number of benzene rings is 1. The zero-order chi connectivity index (χ0) is 22.2. The zero-order valence-electron chi connectivity index (χ0n) is 17.6. The molecular formula is C24H20N6O2. The standard InChI is InChI=1S/C24H20N6O2/c1-15(2)29-14-17(9-10-20(29)32)22-21(16-7-4-3-5-8-16)28-24-23(27-22)18(31)13-19(26-24)30-12-6-11-25-30/h3-15H,1-2H3,(H,26,28,31). The van der Waals surface area contributed by atoms with Crippen LogP contribution in [0, 0.1) is 0 Å². The molecule has 8 nitrogen and oxygen atoms in total. The Hall–Kier alpha value is -4.33. The first kappa shape index (κ1) is 19.6. The average Bonchev–Trinajstić information content (AvgIpc) is 3.34. The molecule has 0 atom stereocenters. The molecule has 0 aliphatic carbocycles. The molecule has 8 heteroatoms. The molecular weight excluding hydrogens is 404 g/mol. The van der Waals surface area contributed by atoms with Gasteiger partial charge in [0.2, 0.25) is 5.43 Å². The van der Waals surface area contributed by atoms with Crippen molar-refractivity contribution in [2.75, 3.05) is 0 Å². The molecule has 0 spiro atoms. The van der Waals surface area contributed by atoms with E-state index < -0.39 is 0 Å². The van der Waals surface area contributed by atoms with E-state index in [9.17, 15) is 9.59 Å². The van der Waals surface area contributed by atoms with Crippen molar-refractivity contribution in [1.82, 2.24) is 29.3 Å². The van der Waals surface area contributed by atoms with Crippen LogP contribution in [-0.2, 0) is 0 Å².